The second-order valence-corrected chi connectivity index (χ2v) is 5.89. The van der Waals surface area contributed by atoms with E-state index in [4.69, 9.17) is 5.73 Å². The Morgan fingerprint density at radius 2 is 1.95 bits per heavy atom. The number of anilines is 1. The lowest BCUT2D eigenvalue weighted by molar-refractivity contribution is -0.117. The van der Waals surface area contributed by atoms with Gasteiger partial charge >= 0.3 is 0 Å². The number of amides is 1. The average molecular weight is 291 g/mol. The maximum Gasteiger partial charge on any atom is 0.241 e. The van der Waals surface area contributed by atoms with Gasteiger partial charge in [-0.1, -0.05) is 39.8 Å². The van der Waals surface area contributed by atoms with Crippen LogP contribution in [0, 0.1) is 5.92 Å². The molecule has 0 fully saturated rings. The first-order valence-corrected chi connectivity index (χ1v) is 7.84. The summed E-state index contributed by atoms with van der Waals surface area (Å²) >= 11 is 0. The van der Waals surface area contributed by atoms with Crippen LogP contribution in [0.15, 0.2) is 24.3 Å². The van der Waals surface area contributed by atoms with E-state index in [2.05, 4.69) is 44.0 Å². The highest BCUT2D eigenvalue weighted by molar-refractivity contribution is 5.94. The van der Waals surface area contributed by atoms with Crippen molar-refractivity contribution < 1.29 is 4.79 Å². The van der Waals surface area contributed by atoms with Crippen molar-refractivity contribution in [1.82, 2.24) is 4.90 Å². The van der Waals surface area contributed by atoms with E-state index >= 15 is 0 Å². The summed E-state index contributed by atoms with van der Waals surface area (Å²) in [4.78, 5) is 14.4. The predicted octanol–water partition coefficient (Wildman–Crippen LogP) is 2.84. The van der Waals surface area contributed by atoms with E-state index in [1.807, 2.05) is 18.2 Å². The van der Waals surface area contributed by atoms with Crippen molar-refractivity contribution in [3.05, 3.63) is 29.8 Å². The summed E-state index contributed by atoms with van der Waals surface area (Å²) < 4.78 is 0. The molecule has 118 valence electrons. The topological polar surface area (TPSA) is 58.4 Å². The lowest BCUT2D eigenvalue weighted by Gasteiger charge is -2.19. The van der Waals surface area contributed by atoms with Gasteiger partial charge in [0, 0.05) is 12.2 Å². The van der Waals surface area contributed by atoms with Crippen LogP contribution in [0.4, 0.5) is 5.69 Å². The fourth-order valence-electron chi connectivity index (χ4n) is 2.30. The summed E-state index contributed by atoms with van der Waals surface area (Å²) in [7, 11) is 0. The number of benzene rings is 1. The highest BCUT2D eigenvalue weighted by atomic mass is 16.2. The number of hydrogen-bond acceptors (Lipinski definition) is 3. The molecule has 1 aromatic rings. The van der Waals surface area contributed by atoms with Gasteiger partial charge in [-0.05, 0) is 43.1 Å². The molecule has 1 rings (SSSR count). The molecule has 0 unspecified atom stereocenters. The van der Waals surface area contributed by atoms with E-state index in [9.17, 15) is 4.79 Å². The van der Waals surface area contributed by atoms with Crippen LogP contribution in [0.2, 0.25) is 0 Å². The Labute approximate surface area is 128 Å². The summed E-state index contributed by atoms with van der Waals surface area (Å²) in [5, 5.41) is 2.91. The van der Waals surface area contributed by atoms with Crippen molar-refractivity contribution in [3.63, 3.8) is 0 Å². The van der Waals surface area contributed by atoms with Gasteiger partial charge in [0.05, 0.1) is 6.04 Å². The van der Waals surface area contributed by atoms with Gasteiger partial charge in [0.25, 0.3) is 0 Å². The minimum atomic E-state index is -0.448. The molecule has 0 aliphatic rings. The molecule has 0 spiro atoms. The Kier molecular flexibility index (Phi) is 7.40. The van der Waals surface area contributed by atoms with E-state index in [-0.39, 0.29) is 5.91 Å². The van der Waals surface area contributed by atoms with Crippen LogP contribution in [0.1, 0.15) is 39.7 Å². The van der Waals surface area contributed by atoms with Crippen molar-refractivity contribution >= 4 is 11.6 Å². The van der Waals surface area contributed by atoms with E-state index in [1.165, 1.54) is 5.56 Å². The Morgan fingerprint density at radius 1 is 1.29 bits per heavy atom. The lowest BCUT2D eigenvalue weighted by Crippen LogP contribution is -2.36. The summed E-state index contributed by atoms with van der Waals surface area (Å²) in [6.07, 6.45) is 0.699. The molecule has 1 amide bonds. The van der Waals surface area contributed by atoms with Crippen LogP contribution in [0.3, 0.4) is 0 Å². The van der Waals surface area contributed by atoms with Gasteiger partial charge in [0.1, 0.15) is 0 Å². The normalized spacial score (nSPS) is 12.7. The van der Waals surface area contributed by atoms with E-state index in [0.717, 1.165) is 25.3 Å². The highest BCUT2D eigenvalue weighted by Gasteiger charge is 2.15. The van der Waals surface area contributed by atoms with Crippen LogP contribution in [0.25, 0.3) is 0 Å². The number of hydrogen-bond donors (Lipinski definition) is 2. The number of carbonyl (C=O) groups is 1. The smallest absolute Gasteiger partial charge is 0.241 e. The maximum atomic E-state index is 12.0. The monoisotopic (exact) mass is 291 g/mol. The van der Waals surface area contributed by atoms with Crippen molar-refractivity contribution in [2.24, 2.45) is 11.7 Å². The fourth-order valence-corrected chi connectivity index (χ4v) is 2.30. The van der Waals surface area contributed by atoms with Gasteiger partial charge in [-0.2, -0.15) is 0 Å². The molecule has 3 N–H and O–H groups in total. The zero-order valence-corrected chi connectivity index (χ0v) is 13.7. The third kappa shape index (κ3) is 6.27. The molecule has 0 aromatic heterocycles. The molecule has 0 heterocycles. The first kappa shape index (κ1) is 17.7. The molecule has 0 saturated carbocycles. The molecule has 0 bridgehead atoms. The Balaban J connectivity index is 2.65. The van der Waals surface area contributed by atoms with Crippen molar-refractivity contribution in [1.29, 1.82) is 0 Å². The second-order valence-electron chi connectivity index (χ2n) is 5.89. The molecule has 0 aliphatic carbocycles. The number of rotatable bonds is 8. The van der Waals surface area contributed by atoms with Crippen molar-refractivity contribution in [2.45, 2.75) is 46.7 Å². The Bertz CT molecular complexity index is 441. The zero-order chi connectivity index (χ0) is 15.8. The Morgan fingerprint density at radius 3 is 2.52 bits per heavy atom. The summed E-state index contributed by atoms with van der Waals surface area (Å²) in [6.45, 7) is 11.4. The minimum absolute atomic E-state index is 0.108. The number of nitrogens with one attached hydrogen (secondary N) is 1. The van der Waals surface area contributed by atoms with Gasteiger partial charge in [-0.25, -0.2) is 0 Å². The van der Waals surface area contributed by atoms with Crippen molar-refractivity contribution in [2.75, 3.05) is 18.4 Å². The highest BCUT2D eigenvalue weighted by Crippen LogP contribution is 2.14. The molecular formula is C17H29N3O. The van der Waals surface area contributed by atoms with Gasteiger partial charge in [0.2, 0.25) is 5.91 Å². The van der Waals surface area contributed by atoms with E-state index in [1.54, 1.807) is 0 Å². The van der Waals surface area contributed by atoms with Crippen LogP contribution in [0.5, 0.6) is 0 Å². The first-order valence-electron chi connectivity index (χ1n) is 7.84. The van der Waals surface area contributed by atoms with Gasteiger partial charge in [-0.3, -0.25) is 9.69 Å². The van der Waals surface area contributed by atoms with Crippen LogP contribution >= 0.6 is 0 Å². The van der Waals surface area contributed by atoms with Crippen molar-refractivity contribution in [3.8, 4) is 0 Å². The predicted molar refractivity (Wildman–Crippen MR) is 89.1 cm³/mol. The summed E-state index contributed by atoms with van der Waals surface area (Å²) in [5.41, 5.74) is 7.93. The zero-order valence-electron chi connectivity index (χ0n) is 13.7. The molecule has 0 aliphatic heterocycles. The number of nitrogens with two attached hydrogens (primary N) is 1. The summed E-state index contributed by atoms with van der Waals surface area (Å²) in [6, 6.07) is 7.55. The molecule has 1 atom stereocenters. The largest absolute Gasteiger partial charge is 0.325 e. The number of nitrogens with zero attached hydrogens (tertiary/aromatic N) is 1. The molecule has 1 aromatic carbocycles. The van der Waals surface area contributed by atoms with E-state index < -0.39 is 6.04 Å². The molecule has 0 radical (unpaired) electrons. The SMILES string of the molecule is CCN(CC)Cc1cccc(NC(=O)[C@@H](N)CC(C)C)c1. The average Bonchev–Trinajstić information content (AvgIpc) is 2.44. The molecule has 21 heavy (non-hydrogen) atoms. The van der Waals surface area contributed by atoms with Gasteiger partial charge < -0.3 is 11.1 Å². The van der Waals surface area contributed by atoms with Gasteiger partial charge in [-0.15, -0.1) is 0 Å². The molecule has 4 heteroatoms. The summed E-state index contributed by atoms with van der Waals surface area (Å²) in [5.74, 6) is 0.309. The quantitative estimate of drug-likeness (QED) is 0.774. The number of carbonyl (C=O) groups excluding carboxylic acids is 1. The van der Waals surface area contributed by atoms with Crippen LogP contribution in [-0.4, -0.2) is 29.9 Å². The third-order valence-corrected chi connectivity index (χ3v) is 3.56. The van der Waals surface area contributed by atoms with Crippen LogP contribution < -0.4 is 11.1 Å². The Hall–Kier alpha value is -1.39. The molecule has 4 nitrogen and oxygen atoms in total. The standard InChI is InChI=1S/C17H29N3O/c1-5-20(6-2)12-14-8-7-9-15(11-14)19-17(21)16(18)10-13(3)4/h7-9,11,13,16H,5-6,10,12,18H2,1-4H3,(H,19,21)/t16-/m0/s1. The lowest BCUT2D eigenvalue weighted by atomic mass is 10.0. The van der Waals surface area contributed by atoms with Gasteiger partial charge in [0.15, 0.2) is 0 Å². The molecule has 0 saturated heterocycles. The van der Waals surface area contributed by atoms with E-state index in [0.29, 0.717) is 12.3 Å². The van der Waals surface area contributed by atoms with Crippen LogP contribution in [-0.2, 0) is 11.3 Å². The molecular weight excluding hydrogens is 262 g/mol. The fraction of sp³-hybridized carbons (Fsp3) is 0.588. The minimum Gasteiger partial charge on any atom is -0.325 e. The maximum absolute atomic E-state index is 12.0. The second kappa shape index (κ2) is 8.80. The third-order valence-electron chi connectivity index (χ3n) is 3.56. The first-order chi connectivity index (χ1) is 9.96.